The maximum absolute atomic E-state index is 12.0. The third-order valence-electron chi connectivity index (χ3n) is 3.24. The molecule has 6 heteroatoms. The first kappa shape index (κ1) is 14.8. The van der Waals surface area contributed by atoms with Crippen molar-refractivity contribution in [2.24, 2.45) is 0 Å². The van der Waals surface area contributed by atoms with Gasteiger partial charge in [0.2, 0.25) is 5.89 Å². The first-order valence-corrected chi connectivity index (χ1v) is 7.06. The summed E-state index contributed by atoms with van der Waals surface area (Å²) in [5.74, 6) is 0.930. The molecule has 0 atom stereocenters. The molecule has 0 saturated carbocycles. The number of hydrogen-bond donors (Lipinski definition) is 1. The third-order valence-corrected chi connectivity index (χ3v) is 3.24. The predicted octanol–water partition coefficient (Wildman–Crippen LogP) is 2.92. The van der Waals surface area contributed by atoms with Crippen molar-refractivity contribution in [3.63, 3.8) is 0 Å². The summed E-state index contributed by atoms with van der Waals surface area (Å²) in [5, 5.41) is 10.4. The maximum atomic E-state index is 12.0. The minimum Gasteiger partial charge on any atom is -0.497 e. The SMILES string of the molecule is COc1ccc(Cc2nnc(NC(=O)c3ccccc3)o2)cc1. The van der Waals surface area contributed by atoms with Gasteiger partial charge in [-0.25, -0.2) is 0 Å². The van der Waals surface area contributed by atoms with Crippen LogP contribution in [0.15, 0.2) is 59.0 Å². The van der Waals surface area contributed by atoms with Crippen molar-refractivity contribution < 1.29 is 13.9 Å². The summed E-state index contributed by atoms with van der Waals surface area (Å²) in [6.45, 7) is 0. The summed E-state index contributed by atoms with van der Waals surface area (Å²) in [4.78, 5) is 12.0. The van der Waals surface area contributed by atoms with E-state index in [2.05, 4.69) is 15.5 Å². The monoisotopic (exact) mass is 309 g/mol. The Balaban J connectivity index is 1.64. The Hall–Kier alpha value is -3.15. The van der Waals surface area contributed by atoms with E-state index in [-0.39, 0.29) is 11.9 Å². The van der Waals surface area contributed by atoms with Crippen molar-refractivity contribution >= 4 is 11.9 Å². The summed E-state index contributed by atoms with van der Waals surface area (Å²) in [6.07, 6.45) is 0.484. The zero-order valence-electron chi connectivity index (χ0n) is 12.5. The zero-order valence-corrected chi connectivity index (χ0v) is 12.5. The Labute approximate surface area is 133 Å². The van der Waals surface area contributed by atoms with E-state index in [4.69, 9.17) is 9.15 Å². The van der Waals surface area contributed by atoms with Gasteiger partial charge in [0, 0.05) is 5.56 Å². The van der Waals surface area contributed by atoms with E-state index in [9.17, 15) is 4.79 Å². The molecule has 116 valence electrons. The molecular weight excluding hydrogens is 294 g/mol. The maximum Gasteiger partial charge on any atom is 0.322 e. The highest BCUT2D eigenvalue weighted by molar-refractivity contribution is 6.02. The molecule has 1 N–H and O–H groups in total. The number of carbonyl (C=O) groups excluding carboxylic acids is 1. The number of methoxy groups -OCH3 is 1. The summed E-state index contributed by atoms with van der Waals surface area (Å²) in [6, 6.07) is 16.5. The fraction of sp³-hybridized carbons (Fsp3) is 0.118. The Morgan fingerprint density at radius 3 is 2.52 bits per heavy atom. The first-order valence-electron chi connectivity index (χ1n) is 7.06. The fourth-order valence-electron chi connectivity index (χ4n) is 2.05. The molecule has 0 aliphatic carbocycles. The second-order valence-electron chi connectivity index (χ2n) is 4.85. The van der Waals surface area contributed by atoms with Crippen LogP contribution in [0.25, 0.3) is 0 Å². The van der Waals surface area contributed by atoms with Crippen molar-refractivity contribution in [3.05, 3.63) is 71.6 Å². The van der Waals surface area contributed by atoms with Crippen molar-refractivity contribution in [1.29, 1.82) is 0 Å². The van der Waals surface area contributed by atoms with E-state index >= 15 is 0 Å². The topological polar surface area (TPSA) is 77.3 Å². The molecule has 0 unspecified atom stereocenters. The number of anilines is 1. The van der Waals surface area contributed by atoms with Crippen molar-refractivity contribution in [1.82, 2.24) is 10.2 Å². The molecule has 1 aromatic heterocycles. The molecule has 2 aromatic carbocycles. The van der Waals surface area contributed by atoms with Gasteiger partial charge in [-0.15, -0.1) is 5.10 Å². The summed E-state index contributed by atoms with van der Waals surface area (Å²) < 4.78 is 10.6. The predicted molar refractivity (Wildman–Crippen MR) is 84.5 cm³/mol. The largest absolute Gasteiger partial charge is 0.497 e. The smallest absolute Gasteiger partial charge is 0.322 e. The number of carbonyl (C=O) groups is 1. The van der Waals surface area contributed by atoms with Crippen LogP contribution >= 0.6 is 0 Å². The Kier molecular flexibility index (Phi) is 4.33. The van der Waals surface area contributed by atoms with Gasteiger partial charge >= 0.3 is 6.01 Å². The van der Waals surface area contributed by atoms with Crippen molar-refractivity contribution in [2.75, 3.05) is 12.4 Å². The number of aromatic nitrogens is 2. The van der Waals surface area contributed by atoms with Gasteiger partial charge in [0.15, 0.2) is 0 Å². The second-order valence-corrected chi connectivity index (χ2v) is 4.85. The normalized spacial score (nSPS) is 10.3. The van der Waals surface area contributed by atoms with Crippen molar-refractivity contribution in [3.8, 4) is 5.75 Å². The van der Waals surface area contributed by atoms with Crippen LogP contribution in [0.3, 0.4) is 0 Å². The molecule has 0 saturated heterocycles. The Morgan fingerprint density at radius 1 is 1.09 bits per heavy atom. The van der Waals surface area contributed by atoms with Crippen LogP contribution in [0.5, 0.6) is 5.75 Å². The zero-order chi connectivity index (χ0) is 16.1. The number of nitrogens with zero attached hydrogens (tertiary/aromatic N) is 2. The van der Waals surface area contributed by atoms with E-state index in [1.165, 1.54) is 0 Å². The number of benzene rings is 2. The number of ether oxygens (including phenoxy) is 1. The van der Waals surface area contributed by atoms with Crippen LogP contribution in [-0.4, -0.2) is 23.2 Å². The molecule has 0 radical (unpaired) electrons. The molecule has 1 heterocycles. The van der Waals surface area contributed by atoms with Gasteiger partial charge < -0.3 is 9.15 Å². The molecule has 1 amide bonds. The second kappa shape index (κ2) is 6.74. The molecular formula is C17H15N3O3. The van der Waals surface area contributed by atoms with Crippen LogP contribution in [0.4, 0.5) is 6.01 Å². The first-order chi connectivity index (χ1) is 11.2. The van der Waals surface area contributed by atoms with Gasteiger partial charge in [-0.3, -0.25) is 10.1 Å². The van der Waals surface area contributed by atoms with E-state index < -0.39 is 0 Å². The van der Waals surface area contributed by atoms with Gasteiger partial charge in [0.05, 0.1) is 13.5 Å². The Morgan fingerprint density at radius 2 is 1.83 bits per heavy atom. The molecule has 0 fully saturated rings. The highest BCUT2D eigenvalue weighted by Gasteiger charge is 2.11. The standard InChI is InChI=1S/C17H15N3O3/c1-22-14-9-7-12(8-10-14)11-15-19-20-17(23-15)18-16(21)13-5-3-2-4-6-13/h2-10H,11H2,1H3,(H,18,20,21). The van der Waals surface area contributed by atoms with Gasteiger partial charge in [0.25, 0.3) is 5.91 Å². The molecule has 0 bridgehead atoms. The number of nitrogens with one attached hydrogen (secondary N) is 1. The van der Waals surface area contributed by atoms with Crippen LogP contribution in [0.2, 0.25) is 0 Å². The fourth-order valence-corrected chi connectivity index (χ4v) is 2.05. The average molecular weight is 309 g/mol. The van der Waals surface area contributed by atoms with Gasteiger partial charge in [-0.2, -0.15) is 0 Å². The summed E-state index contributed by atoms with van der Waals surface area (Å²) in [7, 11) is 1.62. The molecule has 0 aliphatic heterocycles. The van der Waals surface area contributed by atoms with Crippen LogP contribution < -0.4 is 10.1 Å². The Bertz CT molecular complexity index is 782. The molecule has 23 heavy (non-hydrogen) atoms. The average Bonchev–Trinajstić information content (AvgIpc) is 3.03. The van der Waals surface area contributed by atoms with E-state index in [1.54, 1.807) is 31.4 Å². The van der Waals surface area contributed by atoms with Gasteiger partial charge in [-0.1, -0.05) is 35.4 Å². The summed E-state index contributed by atoms with van der Waals surface area (Å²) >= 11 is 0. The number of amides is 1. The minimum absolute atomic E-state index is 0.0855. The van der Waals surface area contributed by atoms with E-state index in [1.807, 2.05) is 30.3 Å². The molecule has 6 nitrogen and oxygen atoms in total. The lowest BCUT2D eigenvalue weighted by Crippen LogP contribution is -2.11. The van der Waals surface area contributed by atoms with Gasteiger partial charge in [-0.05, 0) is 29.8 Å². The lowest BCUT2D eigenvalue weighted by molar-refractivity contribution is 0.102. The number of rotatable bonds is 5. The summed E-state index contributed by atoms with van der Waals surface area (Å²) in [5.41, 5.74) is 1.54. The minimum atomic E-state index is -0.287. The number of hydrogen-bond acceptors (Lipinski definition) is 5. The molecule has 3 rings (SSSR count). The van der Waals surface area contributed by atoms with E-state index in [0.29, 0.717) is 17.9 Å². The molecule has 0 aliphatic rings. The highest BCUT2D eigenvalue weighted by atomic mass is 16.5. The van der Waals surface area contributed by atoms with Crippen molar-refractivity contribution in [2.45, 2.75) is 6.42 Å². The lowest BCUT2D eigenvalue weighted by Gasteiger charge is -2.01. The van der Waals surface area contributed by atoms with Crippen LogP contribution in [0.1, 0.15) is 21.8 Å². The van der Waals surface area contributed by atoms with Crippen LogP contribution in [0, 0.1) is 0 Å². The van der Waals surface area contributed by atoms with Crippen LogP contribution in [-0.2, 0) is 6.42 Å². The highest BCUT2D eigenvalue weighted by Crippen LogP contribution is 2.15. The van der Waals surface area contributed by atoms with Gasteiger partial charge in [0.1, 0.15) is 5.75 Å². The quantitative estimate of drug-likeness (QED) is 0.784. The molecule has 0 spiro atoms. The molecule has 3 aromatic rings. The van der Waals surface area contributed by atoms with E-state index in [0.717, 1.165) is 11.3 Å². The lowest BCUT2D eigenvalue weighted by atomic mass is 10.1. The third kappa shape index (κ3) is 3.74.